The number of hydrogen-bond acceptors (Lipinski definition) is 2. The smallest absolute Gasteiger partial charge is 0.231 e. The van der Waals surface area contributed by atoms with Crippen LogP contribution in [0.4, 0.5) is 0 Å². The van der Waals surface area contributed by atoms with Gasteiger partial charge in [0.1, 0.15) is 0 Å². The Bertz CT molecular complexity index is 778. The summed E-state index contributed by atoms with van der Waals surface area (Å²) in [5.74, 6) is 0.125. The van der Waals surface area contributed by atoms with Crippen LogP contribution in [0.15, 0.2) is 54.6 Å². The molecule has 1 heterocycles. The van der Waals surface area contributed by atoms with Crippen molar-refractivity contribution in [2.75, 3.05) is 13.1 Å². The number of likely N-dealkylation sites (tertiary alicyclic amines) is 1. The van der Waals surface area contributed by atoms with E-state index in [4.69, 9.17) is 0 Å². The average molecular weight is 350 g/mol. The van der Waals surface area contributed by atoms with E-state index in [0.717, 1.165) is 11.1 Å². The van der Waals surface area contributed by atoms with Crippen molar-refractivity contribution in [1.82, 2.24) is 10.2 Å². The molecule has 0 aromatic heterocycles. The molecule has 26 heavy (non-hydrogen) atoms. The third-order valence-electron chi connectivity index (χ3n) is 5.36. The lowest BCUT2D eigenvalue weighted by atomic mass is 9.72. The van der Waals surface area contributed by atoms with E-state index < -0.39 is 5.41 Å². The van der Waals surface area contributed by atoms with Crippen molar-refractivity contribution in [1.29, 1.82) is 0 Å². The second kappa shape index (κ2) is 7.73. The predicted molar refractivity (Wildman–Crippen MR) is 103 cm³/mol. The summed E-state index contributed by atoms with van der Waals surface area (Å²) >= 11 is 0. The topological polar surface area (TPSA) is 49.4 Å². The van der Waals surface area contributed by atoms with Crippen LogP contribution in [0.2, 0.25) is 0 Å². The first-order chi connectivity index (χ1) is 12.5. The number of nitrogens with one attached hydrogen (secondary N) is 1. The Morgan fingerprint density at radius 1 is 1.04 bits per heavy atom. The van der Waals surface area contributed by atoms with Crippen molar-refractivity contribution in [3.05, 3.63) is 71.3 Å². The second-order valence-corrected chi connectivity index (χ2v) is 7.13. The highest BCUT2D eigenvalue weighted by atomic mass is 16.2. The zero-order chi connectivity index (χ0) is 18.6. The zero-order valence-electron chi connectivity index (χ0n) is 15.5. The molecule has 4 heteroatoms. The van der Waals surface area contributed by atoms with Crippen LogP contribution in [0.5, 0.6) is 0 Å². The van der Waals surface area contributed by atoms with Gasteiger partial charge < -0.3 is 10.2 Å². The Kier molecular flexibility index (Phi) is 5.40. The number of benzene rings is 2. The summed E-state index contributed by atoms with van der Waals surface area (Å²) in [6, 6.07) is 18.1. The molecule has 4 nitrogen and oxygen atoms in total. The molecule has 2 amide bonds. The lowest BCUT2D eigenvalue weighted by Crippen LogP contribution is -2.52. The summed E-state index contributed by atoms with van der Waals surface area (Å²) in [6.45, 7) is 5.39. The van der Waals surface area contributed by atoms with Crippen molar-refractivity contribution in [3.8, 4) is 0 Å². The molecular formula is C22H26N2O2. The molecule has 2 aromatic carbocycles. The summed E-state index contributed by atoms with van der Waals surface area (Å²) in [7, 11) is 0. The Morgan fingerprint density at radius 2 is 1.73 bits per heavy atom. The predicted octanol–water partition coefficient (Wildman–Crippen LogP) is 3.19. The molecule has 0 unspecified atom stereocenters. The van der Waals surface area contributed by atoms with E-state index in [1.54, 1.807) is 6.92 Å². The van der Waals surface area contributed by atoms with E-state index in [-0.39, 0.29) is 11.8 Å². The van der Waals surface area contributed by atoms with Gasteiger partial charge in [0.05, 0.1) is 5.41 Å². The van der Waals surface area contributed by atoms with Gasteiger partial charge in [-0.15, -0.1) is 0 Å². The Hall–Kier alpha value is -2.62. The van der Waals surface area contributed by atoms with Gasteiger partial charge in [0, 0.05) is 26.6 Å². The number of hydrogen-bond donors (Lipinski definition) is 1. The van der Waals surface area contributed by atoms with E-state index >= 15 is 0 Å². The standard InChI is InChI=1S/C22H26N2O2/c1-17-7-6-8-19(15-17)16-23-21(26)22(20-9-4-3-5-10-20)11-13-24(14-12-22)18(2)25/h3-10,15H,11-14,16H2,1-2H3,(H,23,26). The number of nitrogens with zero attached hydrogens (tertiary/aromatic N) is 1. The minimum atomic E-state index is -0.572. The van der Waals surface area contributed by atoms with Gasteiger partial charge in [0.15, 0.2) is 0 Å². The van der Waals surface area contributed by atoms with Gasteiger partial charge >= 0.3 is 0 Å². The zero-order valence-corrected chi connectivity index (χ0v) is 15.5. The fourth-order valence-electron chi connectivity index (χ4n) is 3.78. The van der Waals surface area contributed by atoms with Gasteiger partial charge in [-0.1, -0.05) is 60.2 Å². The van der Waals surface area contributed by atoms with Gasteiger partial charge in [0.2, 0.25) is 11.8 Å². The van der Waals surface area contributed by atoms with Gasteiger partial charge in [-0.05, 0) is 30.9 Å². The first-order valence-electron chi connectivity index (χ1n) is 9.16. The monoisotopic (exact) mass is 350 g/mol. The number of amides is 2. The Labute approximate surface area is 155 Å². The van der Waals surface area contributed by atoms with Crippen LogP contribution < -0.4 is 5.32 Å². The van der Waals surface area contributed by atoms with Crippen LogP contribution in [0.3, 0.4) is 0 Å². The van der Waals surface area contributed by atoms with Crippen molar-refractivity contribution in [2.24, 2.45) is 0 Å². The second-order valence-electron chi connectivity index (χ2n) is 7.13. The molecule has 1 saturated heterocycles. The number of piperidine rings is 1. The first-order valence-corrected chi connectivity index (χ1v) is 9.16. The maximum atomic E-state index is 13.2. The highest BCUT2D eigenvalue weighted by Crippen LogP contribution is 2.36. The largest absolute Gasteiger partial charge is 0.351 e. The van der Waals surface area contributed by atoms with Crippen LogP contribution in [-0.2, 0) is 21.5 Å². The van der Waals surface area contributed by atoms with E-state index in [1.165, 1.54) is 5.56 Å². The molecule has 1 N–H and O–H groups in total. The van der Waals surface area contributed by atoms with Crippen molar-refractivity contribution >= 4 is 11.8 Å². The molecule has 0 atom stereocenters. The number of carbonyl (C=O) groups is 2. The summed E-state index contributed by atoms with van der Waals surface area (Å²) in [4.78, 5) is 26.8. The highest BCUT2D eigenvalue weighted by molar-refractivity contribution is 5.88. The molecule has 2 aromatic rings. The van der Waals surface area contributed by atoms with Crippen molar-refractivity contribution in [3.63, 3.8) is 0 Å². The normalized spacial score (nSPS) is 16.2. The molecule has 0 radical (unpaired) electrons. The number of carbonyl (C=O) groups excluding carboxylic acids is 2. The maximum Gasteiger partial charge on any atom is 0.231 e. The molecule has 1 fully saturated rings. The minimum Gasteiger partial charge on any atom is -0.351 e. The fraction of sp³-hybridized carbons (Fsp3) is 0.364. The van der Waals surface area contributed by atoms with Crippen LogP contribution in [0.25, 0.3) is 0 Å². The van der Waals surface area contributed by atoms with Crippen LogP contribution in [0, 0.1) is 6.92 Å². The molecule has 136 valence electrons. The molecule has 0 bridgehead atoms. The average Bonchev–Trinajstić information content (AvgIpc) is 2.67. The molecule has 0 saturated carbocycles. The van der Waals surface area contributed by atoms with E-state index in [0.29, 0.717) is 32.5 Å². The first kappa shape index (κ1) is 18.2. The summed E-state index contributed by atoms with van der Waals surface area (Å²) in [5.41, 5.74) is 2.74. The quantitative estimate of drug-likeness (QED) is 0.921. The highest BCUT2D eigenvalue weighted by Gasteiger charge is 2.43. The molecule has 0 aliphatic carbocycles. The van der Waals surface area contributed by atoms with E-state index in [2.05, 4.69) is 11.4 Å². The lowest BCUT2D eigenvalue weighted by molar-refractivity contribution is -0.135. The van der Waals surface area contributed by atoms with Crippen LogP contribution in [0.1, 0.15) is 36.5 Å². The van der Waals surface area contributed by atoms with E-state index in [9.17, 15) is 9.59 Å². The SMILES string of the molecule is CC(=O)N1CCC(C(=O)NCc2cccc(C)c2)(c2ccccc2)CC1. The summed E-state index contributed by atoms with van der Waals surface area (Å²) in [6.07, 6.45) is 1.30. The fourth-order valence-corrected chi connectivity index (χ4v) is 3.78. The van der Waals surface area contributed by atoms with Gasteiger partial charge in [0.25, 0.3) is 0 Å². The van der Waals surface area contributed by atoms with Crippen molar-refractivity contribution in [2.45, 2.75) is 38.6 Å². The molecule has 0 spiro atoms. The van der Waals surface area contributed by atoms with Crippen LogP contribution >= 0.6 is 0 Å². The Morgan fingerprint density at radius 3 is 2.35 bits per heavy atom. The molecule has 1 aliphatic heterocycles. The number of rotatable bonds is 4. The number of aryl methyl sites for hydroxylation is 1. The summed E-state index contributed by atoms with van der Waals surface area (Å²) < 4.78 is 0. The molecule has 1 aliphatic rings. The molecular weight excluding hydrogens is 324 g/mol. The Balaban J connectivity index is 1.80. The van der Waals surface area contributed by atoms with E-state index in [1.807, 2.05) is 60.4 Å². The van der Waals surface area contributed by atoms with Gasteiger partial charge in [-0.3, -0.25) is 9.59 Å². The minimum absolute atomic E-state index is 0.0495. The third-order valence-corrected chi connectivity index (χ3v) is 5.36. The van der Waals surface area contributed by atoms with Gasteiger partial charge in [-0.2, -0.15) is 0 Å². The lowest BCUT2D eigenvalue weighted by Gasteiger charge is -2.40. The summed E-state index contributed by atoms with van der Waals surface area (Å²) in [5, 5.41) is 3.14. The van der Waals surface area contributed by atoms with Crippen molar-refractivity contribution < 1.29 is 9.59 Å². The third kappa shape index (κ3) is 3.79. The molecule has 3 rings (SSSR count). The van der Waals surface area contributed by atoms with Crippen LogP contribution in [-0.4, -0.2) is 29.8 Å². The van der Waals surface area contributed by atoms with Gasteiger partial charge in [-0.25, -0.2) is 0 Å². The maximum absolute atomic E-state index is 13.2.